The number of esters is 4. The highest BCUT2D eigenvalue weighted by Crippen LogP contribution is 2.45. The van der Waals surface area contributed by atoms with Gasteiger partial charge in [0.1, 0.15) is 19.3 Å². The first-order chi connectivity index (χ1) is 48.7. The summed E-state index contributed by atoms with van der Waals surface area (Å²) in [5, 5.41) is 10.6. The Morgan fingerprint density at radius 1 is 0.300 bits per heavy atom. The van der Waals surface area contributed by atoms with E-state index in [1.54, 1.807) is 12.2 Å². The molecule has 0 aliphatic heterocycles. The van der Waals surface area contributed by atoms with Crippen LogP contribution in [-0.2, 0) is 65.4 Å². The van der Waals surface area contributed by atoms with E-state index in [-0.39, 0.29) is 25.7 Å². The van der Waals surface area contributed by atoms with Gasteiger partial charge < -0.3 is 33.8 Å². The van der Waals surface area contributed by atoms with Crippen molar-refractivity contribution in [3.63, 3.8) is 0 Å². The van der Waals surface area contributed by atoms with E-state index in [0.717, 1.165) is 122 Å². The van der Waals surface area contributed by atoms with Crippen LogP contribution in [0.4, 0.5) is 0 Å². The maximum Gasteiger partial charge on any atom is 0.472 e. The molecule has 17 nitrogen and oxygen atoms in total. The van der Waals surface area contributed by atoms with Crippen LogP contribution in [0.2, 0.25) is 0 Å². The molecule has 100 heavy (non-hydrogen) atoms. The van der Waals surface area contributed by atoms with Gasteiger partial charge in [0.05, 0.1) is 39.3 Å². The number of carbonyl (C=O) groups excluding carboxylic acids is 4. The fourth-order valence-electron chi connectivity index (χ4n) is 9.63. The summed E-state index contributed by atoms with van der Waals surface area (Å²) in [6.07, 6.45) is 81.9. The Morgan fingerprint density at radius 3 is 0.870 bits per heavy atom. The topological polar surface area (TPSA) is 237 Å². The van der Waals surface area contributed by atoms with Crippen molar-refractivity contribution in [1.29, 1.82) is 0 Å². The van der Waals surface area contributed by atoms with Crippen molar-refractivity contribution in [2.24, 2.45) is 0 Å². The lowest BCUT2D eigenvalue weighted by molar-refractivity contribution is -0.161. The van der Waals surface area contributed by atoms with Crippen LogP contribution in [0, 0.1) is 0 Å². The molecule has 5 atom stereocenters. The molecular weight excluding hydrogens is 1310 g/mol. The number of phosphoric ester groups is 2. The van der Waals surface area contributed by atoms with Gasteiger partial charge in [0.2, 0.25) is 0 Å². The van der Waals surface area contributed by atoms with E-state index >= 15 is 0 Å². The van der Waals surface area contributed by atoms with Gasteiger partial charge in [0, 0.05) is 12.8 Å². The standard InChI is InChI=1S/C81H134O17P2/c1-5-9-13-17-21-25-29-33-37-41-45-49-53-57-61-65-78(83)91-71-76(97-80(85)67-63-59-55-51-47-43-39-35-31-27-23-19-15-11-7-3)73-95-99(87,88)93-69-75(82)70-94-100(89,90)96-74-77(98-81(86)68-64-60-56-52-48-44-40-36-32-28-24-20-16-12-8-4)72-92-79(84)66-62-58-54-50-46-42-38-34-30-26-22-18-14-10-6-2/h9-10,13-14,21-23,25-27,33-35,37-39,45-46,49-50,57-58,61-62,75-77,82H,5-8,11-12,15-20,24,28-32,36,40-44,47-48,51-56,59-60,63-74H2,1-4H3,(H,87,88)(H,89,90)/b13-9-,14-10-,25-21-,26-22-,27-23-,37-33-,38-34-,39-35-,49-45-,50-46-,61-57-,62-58-. The minimum atomic E-state index is -5.01. The summed E-state index contributed by atoms with van der Waals surface area (Å²) in [7, 11) is -10.0. The minimum absolute atomic E-state index is 0.0537. The molecule has 0 saturated heterocycles. The number of carbonyl (C=O) groups is 4. The average molecular weight is 1440 g/mol. The van der Waals surface area contributed by atoms with Gasteiger partial charge in [0.25, 0.3) is 0 Å². The molecule has 0 radical (unpaired) electrons. The van der Waals surface area contributed by atoms with Crippen LogP contribution in [0.5, 0.6) is 0 Å². The number of rotatable bonds is 70. The summed E-state index contributed by atoms with van der Waals surface area (Å²) >= 11 is 0. The molecule has 0 heterocycles. The number of aliphatic hydroxyl groups is 1. The highest BCUT2D eigenvalue weighted by atomic mass is 31.2. The molecule has 0 aromatic carbocycles. The van der Waals surface area contributed by atoms with Crippen molar-refractivity contribution in [3.8, 4) is 0 Å². The first kappa shape index (κ1) is 94.9. The van der Waals surface area contributed by atoms with E-state index < -0.39 is 97.5 Å². The Balaban J connectivity index is 5.50. The second-order valence-corrected chi connectivity index (χ2v) is 27.8. The highest BCUT2D eigenvalue weighted by molar-refractivity contribution is 7.47. The summed E-state index contributed by atoms with van der Waals surface area (Å²) in [6, 6.07) is 0. The maximum atomic E-state index is 13.1. The Kier molecular flexibility index (Phi) is 68.6. The molecule has 570 valence electrons. The fourth-order valence-corrected chi connectivity index (χ4v) is 11.2. The summed E-state index contributed by atoms with van der Waals surface area (Å²) in [4.78, 5) is 72.7. The average Bonchev–Trinajstić information content (AvgIpc) is 1.01. The molecule has 0 spiro atoms. The Morgan fingerprint density at radius 2 is 0.550 bits per heavy atom. The van der Waals surface area contributed by atoms with Crippen LogP contribution in [0.3, 0.4) is 0 Å². The first-order valence-electron chi connectivity index (χ1n) is 38.1. The molecule has 0 saturated carbocycles. The van der Waals surface area contributed by atoms with Crippen molar-refractivity contribution in [2.45, 2.75) is 303 Å². The lowest BCUT2D eigenvalue weighted by Crippen LogP contribution is -2.30. The third-order valence-corrected chi connectivity index (χ3v) is 17.3. The molecule has 19 heteroatoms. The third-order valence-electron chi connectivity index (χ3n) is 15.4. The molecule has 0 bridgehead atoms. The van der Waals surface area contributed by atoms with Gasteiger partial charge >= 0.3 is 39.5 Å². The van der Waals surface area contributed by atoms with Gasteiger partial charge in [-0.2, -0.15) is 0 Å². The van der Waals surface area contributed by atoms with E-state index in [9.17, 15) is 43.2 Å². The van der Waals surface area contributed by atoms with Gasteiger partial charge in [-0.1, -0.05) is 296 Å². The summed E-state index contributed by atoms with van der Waals surface area (Å²) < 4.78 is 68.2. The van der Waals surface area contributed by atoms with E-state index in [0.29, 0.717) is 25.7 Å². The van der Waals surface area contributed by atoms with Crippen molar-refractivity contribution in [3.05, 3.63) is 146 Å². The van der Waals surface area contributed by atoms with E-state index in [1.807, 2.05) is 36.5 Å². The second kappa shape index (κ2) is 72.3. The Bertz CT molecular complexity index is 2470. The summed E-state index contributed by atoms with van der Waals surface area (Å²) in [5.74, 6) is -2.49. The SMILES string of the molecule is CC/C=C\C/C=C\C/C=C\C/C=C\C/C=C\CC(=O)OCC(COP(=O)(O)OCC(O)COP(=O)(O)OCC(COC(=O)C/C=C\C/C=C\C/C=C\C/C=C\C/C=C\CC)OC(=O)CCCCCCCCCCCCCCCCC)OC(=O)CCCCCCC/C=C\C/C=C\CCCCC. The number of unbranched alkanes of at least 4 members (excludes halogenated alkanes) is 22. The lowest BCUT2D eigenvalue weighted by Gasteiger charge is -2.21. The van der Waals surface area contributed by atoms with Crippen LogP contribution < -0.4 is 0 Å². The molecular formula is C81H134O17P2. The lowest BCUT2D eigenvalue weighted by atomic mass is 10.0. The zero-order valence-electron chi connectivity index (χ0n) is 62.1. The number of hydrogen-bond donors (Lipinski definition) is 3. The predicted octanol–water partition coefficient (Wildman–Crippen LogP) is 21.9. The quantitative estimate of drug-likeness (QED) is 0.0169. The smallest absolute Gasteiger partial charge is 0.461 e. The zero-order chi connectivity index (χ0) is 73.2. The van der Waals surface area contributed by atoms with Gasteiger partial charge in [-0.25, -0.2) is 9.13 Å². The van der Waals surface area contributed by atoms with Crippen molar-refractivity contribution in [1.82, 2.24) is 0 Å². The normalized spacial score (nSPS) is 14.8. The van der Waals surface area contributed by atoms with E-state index in [2.05, 4.69) is 125 Å². The molecule has 0 amide bonds. The second-order valence-electron chi connectivity index (χ2n) is 24.9. The maximum absolute atomic E-state index is 13.1. The van der Waals surface area contributed by atoms with Crippen LogP contribution in [0.25, 0.3) is 0 Å². The molecule has 0 aromatic rings. The number of phosphoric acid groups is 2. The van der Waals surface area contributed by atoms with Gasteiger partial charge in [-0.15, -0.1) is 0 Å². The number of allylic oxidation sites excluding steroid dienone is 22. The monoisotopic (exact) mass is 1440 g/mol. The molecule has 3 N–H and O–H groups in total. The van der Waals surface area contributed by atoms with Crippen molar-refractivity contribution < 1.29 is 80.2 Å². The van der Waals surface area contributed by atoms with Crippen LogP contribution >= 0.6 is 15.6 Å². The number of ether oxygens (including phenoxy) is 4. The third kappa shape index (κ3) is 71.3. The zero-order valence-corrected chi connectivity index (χ0v) is 63.9. The van der Waals surface area contributed by atoms with Crippen LogP contribution in [0.15, 0.2) is 146 Å². The summed E-state index contributed by atoms with van der Waals surface area (Å²) in [6.45, 7) is 4.37. The summed E-state index contributed by atoms with van der Waals surface area (Å²) in [5.41, 5.74) is 0. The molecule has 0 rings (SSSR count). The molecule has 5 unspecified atom stereocenters. The molecule has 0 aliphatic carbocycles. The Labute approximate surface area is 605 Å². The molecule has 0 aliphatic rings. The fraction of sp³-hybridized carbons (Fsp3) is 0.654. The molecule has 0 aromatic heterocycles. The highest BCUT2D eigenvalue weighted by Gasteiger charge is 2.30. The minimum Gasteiger partial charge on any atom is -0.461 e. The van der Waals surface area contributed by atoms with Gasteiger partial charge in [0.15, 0.2) is 12.2 Å². The largest absolute Gasteiger partial charge is 0.472 e. The molecule has 0 fully saturated rings. The number of hydrogen-bond acceptors (Lipinski definition) is 15. The van der Waals surface area contributed by atoms with E-state index in [1.165, 1.54) is 83.5 Å². The van der Waals surface area contributed by atoms with Crippen LogP contribution in [0.1, 0.15) is 285 Å². The Hall–Kier alpha value is -5.06. The van der Waals surface area contributed by atoms with Gasteiger partial charge in [-0.3, -0.25) is 37.3 Å². The van der Waals surface area contributed by atoms with Gasteiger partial charge in [-0.05, 0) is 109 Å². The number of aliphatic hydroxyl groups excluding tert-OH is 1. The van der Waals surface area contributed by atoms with Crippen LogP contribution in [-0.4, -0.2) is 96.7 Å². The first-order valence-corrected chi connectivity index (χ1v) is 41.1. The van der Waals surface area contributed by atoms with Crippen molar-refractivity contribution >= 4 is 39.5 Å². The predicted molar refractivity (Wildman–Crippen MR) is 408 cm³/mol. The van der Waals surface area contributed by atoms with Crippen molar-refractivity contribution in [2.75, 3.05) is 39.6 Å². The van der Waals surface area contributed by atoms with E-state index in [4.69, 9.17) is 37.0 Å².